The second-order valence-electron chi connectivity index (χ2n) is 7.12. The van der Waals surface area contributed by atoms with Crippen LogP contribution in [0.2, 0.25) is 0 Å². The molecule has 0 aromatic heterocycles. The molecule has 0 radical (unpaired) electrons. The van der Waals surface area contributed by atoms with Gasteiger partial charge in [-0.05, 0) is 55.9 Å². The van der Waals surface area contributed by atoms with Crippen LogP contribution < -0.4 is 20.3 Å². The van der Waals surface area contributed by atoms with E-state index in [9.17, 15) is 4.79 Å². The molecule has 0 aliphatic carbocycles. The lowest BCUT2D eigenvalue weighted by atomic mass is 10.1. The first kappa shape index (κ1) is 20.2. The number of anilines is 2. The molecule has 3 rings (SSSR count). The molecule has 6 nitrogen and oxygen atoms in total. The number of ether oxygens (including phenoxy) is 1. The third kappa shape index (κ3) is 5.71. The highest BCUT2D eigenvalue weighted by Gasteiger charge is 2.14. The summed E-state index contributed by atoms with van der Waals surface area (Å²) in [5.74, 6) is 0.849. The van der Waals surface area contributed by atoms with Crippen molar-refractivity contribution < 1.29 is 9.53 Å². The molecule has 1 heterocycles. The average molecular weight is 383 g/mol. The summed E-state index contributed by atoms with van der Waals surface area (Å²) in [7, 11) is 3.83. The summed E-state index contributed by atoms with van der Waals surface area (Å²) >= 11 is 0. The summed E-state index contributed by atoms with van der Waals surface area (Å²) in [6.45, 7) is 5.25. The number of para-hydroxylation sites is 1. The maximum Gasteiger partial charge on any atom is 0.238 e. The monoisotopic (exact) mass is 382 g/mol. The van der Waals surface area contributed by atoms with Crippen LogP contribution in [0.3, 0.4) is 0 Å². The number of amides is 1. The van der Waals surface area contributed by atoms with Crippen molar-refractivity contribution in [3.63, 3.8) is 0 Å². The van der Waals surface area contributed by atoms with E-state index in [-0.39, 0.29) is 12.5 Å². The minimum atomic E-state index is -0.0348. The van der Waals surface area contributed by atoms with E-state index >= 15 is 0 Å². The molecule has 1 aliphatic rings. The van der Waals surface area contributed by atoms with Crippen LogP contribution in [0.1, 0.15) is 5.56 Å². The maximum absolute atomic E-state index is 12.2. The highest BCUT2D eigenvalue weighted by Crippen LogP contribution is 2.19. The average Bonchev–Trinajstić information content (AvgIpc) is 2.73. The number of methoxy groups -OCH3 is 1. The molecular weight excluding hydrogens is 352 g/mol. The van der Waals surface area contributed by atoms with E-state index in [2.05, 4.69) is 39.6 Å². The SMILES string of the molecule is COc1ccccc1CCNCC(=O)Nc1ccc(N2CCN(C)CC2)cc1. The van der Waals surface area contributed by atoms with E-state index in [1.165, 1.54) is 5.69 Å². The van der Waals surface area contributed by atoms with Crippen LogP contribution in [0.25, 0.3) is 0 Å². The molecule has 2 N–H and O–H groups in total. The maximum atomic E-state index is 12.2. The van der Waals surface area contributed by atoms with Gasteiger partial charge in [0.05, 0.1) is 13.7 Å². The zero-order chi connectivity index (χ0) is 19.8. The molecule has 0 bridgehead atoms. The van der Waals surface area contributed by atoms with Crippen molar-refractivity contribution in [1.29, 1.82) is 0 Å². The topological polar surface area (TPSA) is 56.8 Å². The van der Waals surface area contributed by atoms with E-state index in [1.807, 2.05) is 36.4 Å². The Balaban J connectivity index is 1.40. The molecule has 1 fully saturated rings. The van der Waals surface area contributed by atoms with Crippen LogP contribution in [0, 0.1) is 0 Å². The molecule has 2 aromatic carbocycles. The van der Waals surface area contributed by atoms with Gasteiger partial charge in [0.2, 0.25) is 5.91 Å². The fourth-order valence-electron chi connectivity index (χ4n) is 3.36. The number of nitrogens with zero attached hydrogens (tertiary/aromatic N) is 2. The molecule has 0 saturated carbocycles. The first-order valence-electron chi connectivity index (χ1n) is 9.82. The minimum absolute atomic E-state index is 0.0348. The third-order valence-electron chi connectivity index (χ3n) is 5.07. The number of nitrogens with one attached hydrogen (secondary N) is 2. The summed E-state index contributed by atoms with van der Waals surface area (Å²) < 4.78 is 5.35. The van der Waals surface area contributed by atoms with Gasteiger partial charge in [-0.15, -0.1) is 0 Å². The molecule has 0 atom stereocenters. The molecule has 0 unspecified atom stereocenters. The lowest BCUT2D eigenvalue weighted by Crippen LogP contribution is -2.44. The Morgan fingerprint density at radius 3 is 2.46 bits per heavy atom. The van der Waals surface area contributed by atoms with Gasteiger partial charge in [-0.3, -0.25) is 4.79 Å². The van der Waals surface area contributed by atoms with Crippen LogP contribution in [-0.4, -0.2) is 64.2 Å². The molecule has 1 saturated heterocycles. The highest BCUT2D eigenvalue weighted by atomic mass is 16.5. The Morgan fingerprint density at radius 1 is 1.04 bits per heavy atom. The number of hydrogen-bond acceptors (Lipinski definition) is 5. The number of rotatable bonds is 8. The molecule has 28 heavy (non-hydrogen) atoms. The van der Waals surface area contributed by atoms with Crippen molar-refractivity contribution in [2.45, 2.75) is 6.42 Å². The summed E-state index contributed by atoms with van der Waals surface area (Å²) in [6.07, 6.45) is 0.816. The lowest BCUT2D eigenvalue weighted by Gasteiger charge is -2.34. The van der Waals surface area contributed by atoms with Crippen molar-refractivity contribution in [3.8, 4) is 5.75 Å². The second-order valence-corrected chi connectivity index (χ2v) is 7.12. The minimum Gasteiger partial charge on any atom is -0.496 e. The van der Waals surface area contributed by atoms with Crippen molar-refractivity contribution in [1.82, 2.24) is 10.2 Å². The molecule has 6 heteroatoms. The first-order valence-corrected chi connectivity index (χ1v) is 9.82. The zero-order valence-electron chi connectivity index (χ0n) is 16.8. The molecule has 2 aromatic rings. The van der Waals surface area contributed by atoms with Gasteiger partial charge in [0.1, 0.15) is 5.75 Å². The molecule has 0 spiro atoms. The fraction of sp³-hybridized carbons (Fsp3) is 0.409. The van der Waals surface area contributed by atoms with E-state index < -0.39 is 0 Å². The van der Waals surface area contributed by atoms with Gasteiger partial charge >= 0.3 is 0 Å². The van der Waals surface area contributed by atoms with E-state index in [0.717, 1.165) is 56.1 Å². The summed E-state index contributed by atoms with van der Waals surface area (Å²) in [6, 6.07) is 16.1. The Kier molecular flexibility index (Phi) is 7.28. The number of hydrogen-bond donors (Lipinski definition) is 2. The Hall–Kier alpha value is -2.57. The number of benzene rings is 2. The van der Waals surface area contributed by atoms with Gasteiger partial charge in [-0.1, -0.05) is 18.2 Å². The van der Waals surface area contributed by atoms with Gasteiger partial charge in [-0.2, -0.15) is 0 Å². The number of carbonyl (C=O) groups excluding carboxylic acids is 1. The van der Waals surface area contributed by atoms with E-state index in [1.54, 1.807) is 7.11 Å². The standard InChI is InChI=1S/C22H30N4O2/c1-25-13-15-26(16-14-25)20-9-7-19(8-10-20)24-22(27)17-23-12-11-18-5-3-4-6-21(18)28-2/h3-10,23H,11-17H2,1-2H3,(H,24,27). The summed E-state index contributed by atoms with van der Waals surface area (Å²) in [4.78, 5) is 16.9. The Bertz CT molecular complexity index is 755. The molecule has 150 valence electrons. The molecule has 1 amide bonds. The predicted octanol–water partition coefficient (Wildman–Crippen LogP) is 2.22. The van der Waals surface area contributed by atoms with Gasteiger partial charge in [-0.25, -0.2) is 0 Å². The second kappa shape index (κ2) is 10.1. The van der Waals surface area contributed by atoms with Gasteiger partial charge < -0.3 is 25.2 Å². The van der Waals surface area contributed by atoms with Crippen molar-refractivity contribution in [2.75, 3.05) is 63.6 Å². The number of likely N-dealkylation sites (N-methyl/N-ethyl adjacent to an activating group) is 1. The summed E-state index contributed by atoms with van der Waals surface area (Å²) in [5.41, 5.74) is 3.17. The van der Waals surface area contributed by atoms with Crippen molar-refractivity contribution >= 4 is 17.3 Å². The fourth-order valence-corrected chi connectivity index (χ4v) is 3.36. The van der Waals surface area contributed by atoms with Crippen molar-refractivity contribution in [2.24, 2.45) is 0 Å². The highest BCUT2D eigenvalue weighted by molar-refractivity contribution is 5.92. The predicted molar refractivity (Wildman–Crippen MR) is 114 cm³/mol. The zero-order valence-corrected chi connectivity index (χ0v) is 16.8. The molecule has 1 aliphatic heterocycles. The van der Waals surface area contributed by atoms with Gasteiger partial charge in [0.15, 0.2) is 0 Å². The normalized spacial score (nSPS) is 14.7. The summed E-state index contributed by atoms with van der Waals surface area (Å²) in [5, 5.41) is 6.14. The lowest BCUT2D eigenvalue weighted by molar-refractivity contribution is -0.115. The van der Waals surface area contributed by atoms with Gasteiger partial charge in [0, 0.05) is 37.6 Å². The van der Waals surface area contributed by atoms with E-state index in [4.69, 9.17) is 4.74 Å². The number of piperazine rings is 1. The van der Waals surface area contributed by atoms with E-state index in [0.29, 0.717) is 0 Å². The first-order chi connectivity index (χ1) is 13.7. The third-order valence-corrected chi connectivity index (χ3v) is 5.07. The van der Waals surface area contributed by atoms with Crippen LogP contribution in [0.5, 0.6) is 5.75 Å². The van der Waals surface area contributed by atoms with Crippen LogP contribution in [0.15, 0.2) is 48.5 Å². The van der Waals surface area contributed by atoms with Crippen LogP contribution >= 0.6 is 0 Å². The van der Waals surface area contributed by atoms with Crippen molar-refractivity contribution in [3.05, 3.63) is 54.1 Å². The molecular formula is C22H30N4O2. The number of carbonyl (C=O) groups is 1. The smallest absolute Gasteiger partial charge is 0.238 e. The largest absolute Gasteiger partial charge is 0.496 e. The van der Waals surface area contributed by atoms with Crippen LogP contribution in [0.4, 0.5) is 11.4 Å². The quantitative estimate of drug-likeness (QED) is 0.686. The Morgan fingerprint density at radius 2 is 1.75 bits per heavy atom. The van der Waals surface area contributed by atoms with Gasteiger partial charge in [0.25, 0.3) is 0 Å². The van der Waals surface area contributed by atoms with Crippen LogP contribution in [-0.2, 0) is 11.2 Å². The Labute approximate surface area is 167 Å².